The molecule has 0 N–H and O–H groups in total. The monoisotopic (exact) mass is 303 g/mol. The van der Waals surface area contributed by atoms with Crippen molar-refractivity contribution in [2.75, 3.05) is 11.4 Å². The van der Waals surface area contributed by atoms with E-state index in [0.29, 0.717) is 6.54 Å². The minimum Gasteiger partial charge on any atom is -0.444 e. The van der Waals surface area contributed by atoms with Gasteiger partial charge in [-0.1, -0.05) is 44.4 Å². The lowest BCUT2D eigenvalue weighted by Gasteiger charge is -2.11. The van der Waals surface area contributed by atoms with Crippen LogP contribution in [0.5, 0.6) is 0 Å². The quantitative estimate of drug-likeness (QED) is 0.687. The van der Waals surface area contributed by atoms with Gasteiger partial charge in [0.05, 0.1) is 12.2 Å². The van der Waals surface area contributed by atoms with Crippen molar-refractivity contribution in [3.63, 3.8) is 0 Å². The van der Waals surface area contributed by atoms with Crippen LogP contribution < -0.4 is 4.90 Å². The zero-order valence-electron chi connectivity index (χ0n) is 12.4. The molecule has 3 rings (SSSR count). The Balaban J connectivity index is 1.68. The summed E-state index contributed by atoms with van der Waals surface area (Å²) < 4.78 is 6.73. The Morgan fingerprint density at radius 2 is 2.14 bits per heavy atom. The Morgan fingerprint density at radius 3 is 3.00 bits per heavy atom. The average Bonchev–Trinajstić information content (AvgIpc) is 3.07. The Hall–Kier alpha value is -1.55. The highest BCUT2D eigenvalue weighted by molar-refractivity contribution is 7.17. The largest absolute Gasteiger partial charge is 0.444 e. The molecule has 0 saturated carbocycles. The van der Waals surface area contributed by atoms with Gasteiger partial charge in [0.1, 0.15) is 6.10 Å². The molecule has 0 bridgehead atoms. The Labute approximate surface area is 129 Å². The summed E-state index contributed by atoms with van der Waals surface area (Å²) in [6.07, 6.45) is 5.70. The molecule has 1 amide bonds. The number of hydrogen-bond acceptors (Lipinski definition) is 3. The Kier molecular flexibility index (Phi) is 4.44. The zero-order valence-corrected chi connectivity index (χ0v) is 13.2. The van der Waals surface area contributed by atoms with E-state index in [1.165, 1.54) is 24.0 Å². The number of benzene rings is 1. The van der Waals surface area contributed by atoms with Crippen LogP contribution in [0.3, 0.4) is 0 Å². The molecule has 1 fully saturated rings. The molecule has 0 aliphatic carbocycles. The lowest BCUT2D eigenvalue weighted by Crippen LogP contribution is -2.24. The standard InChI is InChI=1S/C17H21NO2S/c1-2-3-4-5-8-13-11-18(17(19)20-13)15-12-21-16-10-7-6-9-14(15)16/h6-7,9-10,12-13H,2-5,8,11H2,1H3. The summed E-state index contributed by atoms with van der Waals surface area (Å²) in [6, 6.07) is 8.21. The number of carbonyl (C=O) groups excluding carboxylic acids is 1. The molecular weight excluding hydrogens is 282 g/mol. The maximum absolute atomic E-state index is 12.1. The van der Waals surface area contributed by atoms with Gasteiger partial charge >= 0.3 is 6.09 Å². The van der Waals surface area contributed by atoms with Crippen LogP contribution in [0.1, 0.15) is 39.0 Å². The van der Waals surface area contributed by atoms with Gasteiger partial charge in [-0.3, -0.25) is 4.90 Å². The van der Waals surface area contributed by atoms with E-state index < -0.39 is 0 Å². The predicted molar refractivity (Wildman–Crippen MR) is 88.2 cm³/mol. The van der Waals surface area contributed by atoms with Crippen molar-refractivity contribution in [1.82, 2.24) is 0 Å². The molecule has 2 heterocycles. The topological polar surface area (TPSA) is 29.5 Å². The van der Waals surface area contributed by atoms with E-state index >= 15 is 0 Å². The van der Waals surface area contributed by atoms with Crippen LogP contribution in [0, 0.1) is 0 Å². The van der Waals surface area contributed by atoms with Crippen LogP contribution in [-0.2, 0) is 4.74 Å². The van der Waals surface area contributed by atoms with Gasteiger partial charge in [0.2, 0.25) is 0 Å². The lowest BCUT2D eigenvalue weighted by molar-refractivity contribution is 0.135. The van der Waals surface area contributed by atoms with Gasteiger partial charge in [-0.05, 0) is 18.9 Å². The number of nitrogens with zero attached hydrogens (tertiary/aromatic N) is 1. The van der Waals surface area contributed by atoms with E-state index in [0.717, 1.165) is 23.9 Å². The lowest BCUT2D eigenvalue weighted by atomic mass is 10.1. The highest BCUT2D eigenvalue weighted by Crippen LogP contribution is 2.35. The highest BCUT2D eigenvalue weighted by Gasteiger charge is 2.33. The van der Waals surface area contributed by atoms with Gasteiger partial charge < -0.3 is 4.74 Å². The number of thiophene rings is 1. The molecule has 1 aliphatic rings. The van der Waals surface area contributed by atoms with E-state index in [1.807, 2.05) is 12.1 Å². The first kappa shape index (κ1) is 14.4. The molecule has 3 nitrogen and oxygen atoms in total. The SMILES string of the molecule is CCCCCCC1CN(c2csc3ccccc23)C(=O)O1. The van der Waals surface area contributed by atoms with Gasteiger partial charge in [0.25, 0.3) is 0 Å². The minimum absolute atomic E-state index is 0.0491. The van der Waals surface area contributed by atoms with Crippen LogP contribution in [0.4, 0.5) is 10.5 Å². The van der Waals surface area contributed by atoms with Gasteiger partial charge in [0.15, 0.2) is 0 Å². The number of cyclic esters (lactones) is 1. The first-order valence-electron chi connectivity index (χ1n) is 7.74. The third-order valence-corrected chi connectivity index (χ3v) is 4.96. The van der Waals surface area contributed by atoms with E-state index in [2.05, 4.69) is 24.4 Å². The summed E-state index contributed by atoms with van der Waals surface area (Å²) in [5.74, 6) is 0. The molecule has 1 aromatic heterocycles. The molecule has 1 unspecified atom stereocenters. The summed E-state index contributed by atoms with van der Waals surface area (Å²) in [6.45, 7) is 2.89. The van der Waals surface area contributed by atoms with Crippen LogP contribution >= 0.6 is 11.3 Å². The number of unbranched alkanes of at least 4 members (excludes halogenated alkanes) is 3. The van der Waals surface area contributed by atoms with Crippen molar-refractivity contribution in [3.05, 3.63) is 29.6 Å². The molecule has 1 aliphatic heterocycles. The Bertz CT molecular complexity index is 622. The van der Waals surface area contributed by atoms with Crippen molar-refractivity contribution in [3.8, 4) is 0 Å². The van der Waals surface area contributed by atoms with Gasteiger partial charge in [-0.2, -0.15) is 0 Å². The fourth-order valence-corrected chi connectivity index (χ4v) is 3.79. The normalized spacial score (nSPS) is 18.4. The molecule has 0 radical (unpaired) electrons. The first-order valence-corrected chi connectivity index (χ1v) is 8.62. The zero-order chi connectivity index (χ0) is 14.7. The van der Waals surface area contributed by atoms with Crippen molar-refractivity contribution >= 4 is 33.2 Å². The van der Waals surface area contributed by atoms with Crippen molar-refractivity contribution in [2.24, 2.45) is 0 Å². The molecule has 1 saturated heterocycles. The molecule has 4 heteroatoms. The van der Waals surface area contributed by atoms with E-state index in [-0.39, 0.29) is 12.2 Å². The van der Waals surface area contributed by atoms with Gasteiger partial charge in [-0.25, -0.2) is 4.79 Å². The first-order chi connectivity index (χ1) is 10.3. The van der Waals surface area contributed by atoms with Crippen LogP contribution in [-0.4, -0.2) is 18.7 Å². The number of ether oxygens (including phenoxy) is 1. The summed E-state index contributed by atoms with van der Waals surface area (Å²) in [7, 11) is 0. The maximum Gasteiger partial charge on any atom is 0.414 e. The Morgan fingerprint density at radius 1 is 1.29 bits per heavy atom. The fourth-order valence-electron chi connectivity index (χ4n) is 2.84. The molecular formula is C17H21NO2S. The summed E-state index contributed by atoms with van der Waals surface area (Å²) in [4.78, 5) is 13.9. The molecule has 1 atom stereocenters. The van der Waals surface area contributed by atoms with Crippen molar-refractivity contribution in [2.45, 2.75) is 45.1 Å². The third-order valence-electron chi connectivity index (χ3n) is 4.01. The number of amides is 1. The molecule has 21 heavy (non-hydrogen) atoms. The van der Waals surface area contributed by atoms with Crippen molar-refractivity contribution in [1.29, 1.82) is 0 Å². The van der Waals surface area contributed by atoms with Crippen molar-refractivity contribution < 1.29 is 9.53 Å². The number of fused-ring (bicyclic) bond motifs is 1. The van der Waals surface area contributed by atoms with E-state index in [9.17, 15) is 4.79 Å². The van der Waals surface area contributed by atoms with Crippen LogP contribution in [0.2, 0.25) is 0 Å². The maximum atomic E-state index is 12.1. The molecule has 2 aromatic rings. The highest BCUT2D eigenvalue weighted by atomic mass is 32.1. The number of anilines is 1. The second-order valence-electron chi connectivity index (χ2n) is 5.58. The number of carbonyl (C=O) groups is 1. The smallest absolute Gasteiger partial charge is 0.414 e. The second-order valence-corrected chi connectivity index (χ2v) is 6.49. The van der Waals surface area contributed by atoms with Gasteiger partial charge in [0, 0.05) is 15.5 Å². The summed E-state index contributed by atoms with van der Waals surface area (Å²) in [5.41, 5.74) is 0.997. The second kappa shape index (κ2) is 6.48. The van der Waals surface area contributed by atoms with Crippen LogP contribution in [0.25, 0.3) is 10.1 Å². The minimum atomic E-state index is -0.195. The van der Waals surface area contributed by atoms with E-state index in [4.69, 9.17) is 4.74 Å². The average molecular weight is 303 g/mol. The summed E-state index contributed by atoms with van der Waals surface area (Å²) in [5, 5.41) is 3.21. The molecule has 0 spiro atoms. The fraction of sp³-hybridized carbons (Fsp3) is 0.471. The molecule has 112 valence electrons. The number of hydrogen-bond donors (Lipinski definition) is 0. The van der Waals surface area contributed by atoms with Gasteiger partial charge in [-0.15, -0.1) is 11.3 Å². The third kappa shape index (κ3) is 3.05. The molecule has 1 aromatic carbocycles. The predicted octanol–water partition coefficient (Wildman–Crippen LogP) is 5.20. The van der Waals surface area contributed by atoms with E-state index in [1.54, 1.807) is 16.2 Å². The number of rotatable bonds is 6. The summed E-state index contributed by atoms with van der Waals surface area (Å²) >= 11 is 1.68. The van der Waals surface area contributed by atoms with Crippen LogP contribution in [0.15, 0.2) is 29.6 Å².